The van der Waals surface area contributed by atoms with Gasteiger partial charge in [0, 0.05) is 18.3 Å². The van der Waals surface area contributed by atoms with Crippen LogP contribution < -0.4 is 10.2 Å². The Kier molecular flexibility index (Phi) is 2.82. The average molecular weight is 266 g/mol. The van der Waals surface area contributed by atoms with E-state index >= 15 is 0 Å². The summed E-state index contributed by atoms with van der Waals surface area (Å²) in [5.74, 6) is 0.0374. The van der Waals surface area contributed by atoms with Crippen molar-refractivity contribution in [3.63, 3.8) is 0 Å². The van der Waals surface area contributed by atoms with E-state index in [0.717, 1.165) is 24.3 Å². The van der Waals surface area contributed by atoms with Crippen molar-refractivity contribution >= 4 is 11.6 Å². The van der Waals surface area contributed by atoms with E-state index in [2.05, 4.69) is 5.32 Å². The molecule has 0 bridgehead atoms. The van der Waals surface area contributed by atoms with Crippen LogP contribution in [-0.4, -0.2) is 26.0 Å². The zero-order valence-corrected chi connectivity index (χ0v) is 10.7. The zero-order valence-electron chi connectivity index (χ0n) is 10.7. The Balaban J connectivity index is 2.14. The first-order valence-corrected chi connectivity index (χ1v) is 6.48. The van der Waals surface area contributed by atoms with Crippen molar-refractivity contribution in [2.45, 2.75) is 24.7 Å². The van der Waals surface area contributed by atoms with Gasteiger partial charge in [-0.15, -0.1) is 0 Å². The first kappa shape index (κ1) is 12.5. The van der Waals surface area contributed by atoms with Gasteiger partial charge in [-0.2, -0.15) is 0 Å². The molecule has 1 amide bonds. The lowest BCUT2D eigenvalue weighted by Gasteiger charge is -2.32. The predicted molar refractivity (Wildman–Crippen MR) is 68.6 cm³/mol. The standard InChI is InChI=1S/C14H16F2N2O/c1-18-11-3-2-9(12(15)16)8-10(11)14(13(18)19)4-6-17-7-5-14/h2-3,8,12,17H,4-7H2,1H3. The first-order valence-electron chi connectivity index (χ1n) is 6.48. The van der Waals surface area contributed by atoms with Gasteiger partial charge in [-0.05, 0) is 43.6 Å². The van der Waals surface area contributed by atoms with Gasteiger partial charge in [0.05, 0.1) is 5.41 Å². The molecule has 2 aliphatic heterocycles. The van der Waals surface area contributed by atoms with Crippen molar-refractivity contribution in [3.8, 4) is 0 Å². The quantitative estimate of drug-likeness (QED) is 0.845. The van der Waals surface area contributed by atoms with Gasteiger partial charge in [-0.3, -0.25) is 4.79 Å². The molecule has 5 heteroatoms. The number of rotatable bonds is 1. The number of alkyl halides is 2. The maximum atomic E-state index is 12.9. The summed E-state index contributed by atoms with van der Waals surface area (Å²) in [4.78, 5) is 14.1. The van der Waals surface area contributed by atoms with Crippen LogP contribution in [-0.2, 0) is 10.2 Å². The third-order valence-corrected chi connectivity index (χ3v) is 4.32. The van der Waals surface area contributed by atoms with E-state index in [1.54, 1.807) is 18.0 Å². The highest BCUT2D eigenvalue weighted by molar-refractivity contribution is 6.07. The van der Waals surface area contributed by atoms with Crippen LogP contribution in [0.3, 0.4) is 0 Å². The summed E-state index contributed by atoms with van der Waals surface area (Å²) >= 11 is 0. The summed E-state index contributed by atoms with van der Waals surface area (Å²) in [6.45, 7) is 1.50. The third-order valence-electron chi connectivity index (χ3n) is 4.32. The Labute approximate surface area is 110 Å². The summed E-state index contributed by atoms with van der Waals surface area (Å²) in [6, 6.07) is 4.58. The number of amides is 1. The molecular weight excluding hydrogens is 250 g/mol. The van der Waals surface area contributed by atoms with Crippen molar-refractivity contribution in [2.75, 3.05) is 25.0 Å². The average Bonchev–Trinajstić information content (AvgIpc) is 2.63. The van der Waals surface area contributed by atoms with Crippen LogP contribution in [0.15, 0.2) is 18.2 Å². The third kappa shape index (κ3) is 1.68. The lowest BCUT2D eigenvalue weighted by Crippen LogP contribution is -2.46. The van der Waals surface area contributed by atoms with Gasteiger partial charge in [-0.1, -0.05) is 6.07 Å². The number of carbonyl (C=O) groups excluding carboxylic acids is 1. The highest BCUT2D eigenvalue weighted by Crippen LogP contribution is 2.47. The van der Waals surface area contributed by atoms with Crippen LogP contribution >= 0.6 is 0 Å². The number of anilines is 1. The Hall–Kier alpha value is -1.49. The van der Waals surface area contributed by atoms with Gasteiger partial charge in [-0.25, -0.2) is 8.78 Å². The molecule has 19 heavy (non-hydrogen) atoms. The smallest absolute Gasteiger partial charge is 0.263 e. The van der Waals surface area contributed by atoms with Crippen molar-refractivity contribution in [1.82, 2.24) is 5.32 Å². The van der Waals surface area contributed by atoms with E-state index in [1.807, 2.05) is 0 Å². The predicted octanol–water partition coefficient (Wildman–Crippen LogP) is 2.22. The SMILES string of the molecule is CN1C(=O)C2(CCNCC2)c2cc(C(F)F)ccc21. The number of likely N-dealkylation sites (N-methyl/N-ethyl adjacent to an activating group) is 1. The lowest BCUT2D eigenvalue weighted by molar-refractivity contribution is -0.123. The second-order valence-corrected chi connectivity index (χ2v) is 5.27. The largest absolute Gasteiger partial charge is 0.317 e. The molecule has 1 aromatic carbocycles. The van der Waals surface area contributed by atoms with E-state index in [4.69, 9.17) is 0 Å². The second-order valence-electron chi connectivity index (χ2n) is 5.27. The van der Waals surface area contributed by atoms with Crippen LogP contribution in [0, 0.1) is 0 Å². The fourth-order valence-electron chi connectivity index (χ4n) is 3.25. The van der Waals surface area contributed by atoms with Gasteiger partial charge in [0.15, 0.2) is 0 Å². The Morgan fingerprint density at radius 3 is 2.63 bits per heavy atom. The van der Waals surface area contributed by atoms with Crippen molar-refractivity contribution in [2.24, 2.45) is 0 Å². The van der Waals surface area contributed by atoms with Gasteiger partial charge in [0.25, 0.3) is 6.43 Å². The number of hydrogen-bond donors (Lipinski definition) is 1. The summed E-state index contributed by atoms with van der Waals surface area (Å²) in [7, 11) is 1.72. The number of fused-ring (bicyclic) bond motifs is 2. The second kappa shape index (κ2) is 4.27. The Morgan fingerprint density at radius 1 is 1.32 bits per heavy atom. The van der Waals surface area contributed by atoms with E-state index in [0.29, 0.717) is 12.8 Å². The molecule has 1 N–H and O–H groups in total. The maximum Gasteiger partial charge on any atom is 0.263 e. The van der Waals surface area contributed by atoms with E-state index in [9.17, 15) is 13.6 Å². The van der Waals surface area contributed by atoms with Gasteiger partial charge >= 0.3 is 0 Å². The minimum absolute atomic E-state index is 0.000224. The van der Waals surface area contributed by atoms with E-state index in [-0.39, 0.29) is 11.5 Å². The van der Waals surface area contributed by atoms with Gasteiger partial charge in [0.2, 0.25) is 5.91 Å². The topological polar surface area (TPSA) is 32.3 Å². The fourth-order valence-corrected chi connectivity index (χ4v) is 3.25. The molecular formula is C14H16F2N2O. The molecule has 1 spiro atoms. The van der Waals surface area contributed by atoms with Gasteiger partial charge < -0.3 is 10.2 Å². The molecule has 3 nitrogen and oxygen atoms in total. The highest BCUT2D eigenvalue weighted by Gasteiger charge is 2.50. The molecule has 0 unspecified atom stereocenters. The number of benzene rings is 1. The summed E-state index contributed by atoms with van der Waals surface area (Å²) in [5, 5.41) is 3.22. The molecule has 2 heterocycles. The minimum atomic E-state index is -2.50. The van der Waals surface area contributed by atoms with Crippen LogP contribution in [0.4, 0.5) is 14.5 Å². The van der Waals surface area contributed by atoms with Crippen molar-refractivity contribution in [1.29, 1.82) is 0 Å². The molecule has 2 aliphatic rings. The first-order chi connectivity index (χ1) is 9.06. The van der Waals surface area contributed by atoms with Crippen molar-refractivity contribution < 1.29 is 13.6 Å². The molecule has 102 valence electrons. The van der Waals surface area contributed by atoms with Crippen LogP contribution in [0.2, 0.25) is 0 Å². The molecule has 0 atom stereocenters. The van der Waals surface area contributed by atoms with Crippen molar-refractivity contribution in [3.05, 3.63) is 29.3 Å². The van der Waals surface area contributed by atoms with E-state index in [1.165, 1.54) is 12.1 Å². The summed E-state index contributed by atoms with van der Waals surface area (Å²) < 4.78 is 25.7. The molecule has 0 saturated carbocycles. The molecule has 1 fully saturated rings. The highest BCUT2D eigenvalue weighted by atomic mass is 19.3. The summed E-state index contributed by atoms with van der Waals surface area (Å²) in [6.07, 6.45) is -1.14. The van der Waals surface area contributed by atoms with Crippen LogP contribution in [0.5, 0.6) is 0 Å². The molecule has 0 aromatic heterocycles. The normalized spacial score (nSPS) is 21.3. The molecule has 3 rings (SSSR count). The Bertz CT molecular complexity index is 524. The number of nitrogens with one attached hydrogen (secondary N) is 1. The maximum absolute atomic E-state index is 12.9. The van der Waals surface area contributed by atoms with Crippen LogP contribution in [0.25, 0.3) is 0 Å². The van der Waals surface area contributed by atoms with Gasteiger partial charge in [0.1, 0.15) is 0 Å². The molecule has 1 saturated heterocycles. The number of halogens is 2. The monoisotopic (exact) mass is 266 g/mol. The molecule has 0 radical (unpaired) electrons. The number of hydrogen-bond acceptors (Lipinski definition) is 2. The fraction of sp³-hybridized carbons (Fsp3) is 0.500. The molecule has 1 aromatic rings. The minimum Gasteiger partial charge on any atom is -0.317 e. The summed E-state index contributed by atoms with van der Waals surface area (Å²) in [5.41, 5.74) is 0.954. The van der Waals surface area contributed by atoms with E-state index < -0.39 is 11.8 Å². The lowest BCUT2D eigenvalue weighted by atomic mass is 9.74. The zero-order chi connectivity index (χ0) is 13.6. The number of piperidine rings is 1. The number of carbonyl (C=O) groups is 1. The number of nitrogens with zero attached hydrogens (tertiary/aromatic N) is 1. The molecule has 0 aliphatic carbocycles. The Morgan fingerprint density at radius 2 is 2.00 bits per heavy atom. The van der Waals surface area contributed by atoms with Crippen LogP contribution in [0.1, 0.15) is 30.4 Å².